The average molecular weight is 372 g/mol. The Hall–Kier alpha value is -3.38. The third-order valence-electron chi connectivity index (χ3n) is 5.20. The van der Waals surface area contributed by atoms with Gasteiger partial charge in [-0.15, -0.1) is 0 Å². The number of benzene rings is 2. The van der Waals surface area contributed by atoms with Crippen LogP contribution in [0.5, 0.6) is 5.75 Å². The van der Waals surface area contributed by atoms with Crippen molar-refractivity contribution in [2.24, 2.45) is 10.7 Å². The molecule has 1 spiro atoms. The van der Waals surface area contributed by atoms with Gasteiger partial charge in [0.1, 0.15) is 11.9 Å². The van der Waals surface area contributed by atoms with Crippen LogP contribution in [0.15, 0.2) is 78.0 Å². The van der Waals surface area contributed by atoms with E-state index in [1.54, 1.807) is 13.2 Å². The number of pyridine rings is 1. The van der Waals surface area contributed by atoms with Crippen molar-refractivity contribution >= 4 is 5.96 Å². The highest BCUT2D eigenvalue weighted by atomic mass is 16.7. The Bertz CT molecular complexity index is 1040. The monoisotopic (exact) mass is 372 g/mol. The number of guanidine groups is 1. The first-order chi connectivity index (χ1) is 13.6. The molecule has 3 heterocycles. The van der Waals surface area contributed by atoms with E-state index in [9.17, 15) is 0 Å². The summed E-state index contributed by atoms with van der Waals surface area (Å²) in [5, 5.41) is 1.52. The number of hydroxylamine groups is 2. The zero-order valence-corrected chi connectivity index (χ0v) is 15.4. The van der Waals surface area contributed by atoms with Crippen molar-refractivity contribution in [3.8, 4) is 16.9 Å². The molecular formula is C22H20N4O2. The molecule has 2 atom stereocenters. The summed E-state index contributed by atoms with van der Waals surface area (Å²) in [6.07, 6.45) is 3.95. The molecule has 2 aromatic carbocycles. The Labute approximate surface area is 163 Å². The minimum absolute atomic E-state index is 0.180. The van der Waals surface area contributed by atoms with Crippen LogP contribution in [-0.2, 0) is 10.6 Å². The summed E-state index contributed by atoms with van der Waals surface area (Å²) in [7, 11) is 1.77. The first-order valence-corrected chi connectivity index (χ1v) is 9.19. The molecule has 6 heteroatoms. The Morgan fingerprint density at radius 3 is 2.64 bits per heavy atom. The summed E-state index contributed by atoms with van der Waals surface area (Å²) >= 11 is 0. The van der Waals surface area contributed by atoms with Gasteiger partial charge in [-0.05, 0) is 29.3 Å². The van der Waals surface area contributed by atoms with Crippen LogP contribution < -0.4 is 10.5 Å². The molecule has 0 radical (unpaired) electrons. The van der Waals surface area contributed by atoms with Crippen LogP contribution in [-0.4, -0.2) is 23.1 Å². The molecule has 140 valence electrons. The second kappa shape index (κ2) is 6.35. The maximum atomic E-state index is 6.34. The predicted molar refractivity (Wildman–Crippen MR) is 106 cm³/mol. The summed E-state index contributed by atoms with van der Waals surface area (Å²) in [6.45, 7) is 0. The summed E-state index contributed by atoms with van der Waals surface area (Å²) in [4.78, 5) is 15.1. The van der Waals surface area contributed by atoms with Crippen molar-refractivity contribution < 1.29 is 9.57 Å². The van der Waals surface area contributed by atoms with Crippen LogP contribution in [0.2, 0.25) is 0 Å². The topological polar surface area (TPSA) is 73.0 Å². The van der Waals surface area contributed by atoms with Crippen LogP contribution in [0.3, 0.4) is 0 Å². The first kappa shape index (κ1) is 16.8. The minimum Gasteiger partial charge on any atom is -0.485 e. The highest BCUT2D eigenvalue weighted by Crippen LogP contribution is 2.50. The van der Waals surface area contributed by atoms with Gasteiger partial charge in [0.25, 0.3) is 0 Å². The van der Waals surface area contributed by atoms with Gasteiger partial charge in [-0.3, -0.25) is 4.98 Å². The Morgan fingerprint density at radius 2 is 1.93 bits per heavy atom. The molecule has 3 aromatic rings. The van der Waals surface area contributed by atoms with Crippen molar-refractivity contribution in [3.63, 3.8) is 0 Å². The molecule has 0 saturated heterocycles. The number of aromatic nitrogens is 1. The third kappa shape index (κ3) is 2.70. The summed E-state index contributed by atoms with van der Waals surface area (Å²) in [5.74, 6) is 1.10. The number of fused-ring (bicyclic) bond motifs is 2. The SMILES string of the molecule is CN1OC2(CC(c3ccccc3)Oc3ccc(-c4cccnc4)cc32)N=C1N. The Balaban J connectivity index is 1.64. The highest BCUT2D eigenvalue weighted by Gasteiger charge is 2.49. The average Bonchev–Trinajstić information content (AvgIpc) is 3.02. The third-order valence-corrected chi connectivity index (χ3v) is 5.20. The molecule has 2 aliphatic heterocycles. The smallest absolute Gasteiger partial charge is 0.222 e. The molecule has 0 amide bonds. The zero-order valence-electron chi connectivity index (χ0n) is 15.4. The molecule has 6 nitrogen and oxygen atoms in total. The fraction of sp³-hybridized carbons (Fsp3) is 0.182. The molecule has 0 bridgehead atoms. The fourth-order valence-electron chi connectivity index (χ4n) is 3.80. The summed E-state index contributed by atoms with van der Waals surface area (Å²) < 4.78 is 6.34. The van der Waals surface area contributed by atoms with E-state index in [0.29, 0.717) is 12.4 Å². The van der Waals surface area contributed by atoms with Crippen molar-refractivity contribution in [2.45, 2.75) is 18.2 Å². The Kier molecular flexibility index (Phi) is 3.80. The molecular weight excluding hydrogens is 352 g/mol. The molecule has 0 aliphatic carbocycles. The largest absolute Gasteiger partial charge is 0.485 e. The lowest BCUT2D eigenvalue weighted by Gasteiger charge is -2.37. The maximum absolute atomic E-state index is 6.34. The van der Waals surface area contributed by atoms with E-state index >= 15 is 0 Å². The van der Waals surface area contributed by atoms with Gasteiger partial charge in [0.05, 0.1) is 5.56 Å². The van der Waals surface area contributed by atoms with Gasteiger partial charge >= 0.3 is 0 Å². The molecule has 0 saturated carbocycles. The lowest BCUT2D eigenvalue weighted by Crippen LogP contribution is -2.36. The number of rotatable bonds is 2. The molecule has 5 rings (SSSR count). The number of nitrogens with two attached hydrogens (primary N) is 1. The van der Waals surface area contributed by atoms with E-state index in [0.717, 1.165) is 28.0 Å². The number of hydrogen-bond acceptors (Lipinski definition) is 6. The molecule has 2 N–H and O–H groups in total. The molecule has 1 aromatic heterocycles. The lowest BCUT2D eigenvalue weighted by atomic mass is 9.88. The van der Waals surface area contributed by atoms with E-state index in [-0.39, 0.29) is 6.10 Å². The number of hydrogen-bond donors (Lipinski definition) is 1. The van der Waals surface area contributed by atoms with Crippen LogP contribution in [0, 0.1) is 0 Å². The van der Waals surface area contributed by atoms with Gasteiger partial charge in [0.15, 0.2) is 0 Å². The van der Waals surface area contributed by atoms with Gasteiger partial charge in [-0.2, -0.15) is 0 Å². The van der Waals surface area contributed by atoms with Crippen LogP contribution in [0.4, 0.5) is 0 Å². The van der Waals surface area contributed by atoms with Crippen molar-refractivity contribution in [1.29, 1.82) is 0 Å². The standard InChI is InChI=1S/C22H20N4O2/c1-26-21(23)25-22(28-26)13-20(15-6-3-2-4-7-15)27-19-10-9-16(12-18(19)22)17-8-5-11-24-14-17/h2-12,14,20H,13H2,1H3,(H2,23,25). The maximum Gasteiger partial charge on any atom is 0.222 e. The van der Waals surface area contributed by atoms with Gasteiger partial charge in [-0.25, -0.2) is 14.9 Å². The van der Waals surface area contributed by atoms with E-state index in [1.807, 2.05) is 48.7 Å². The molecule has 2 unspecified atom stereocenters. The number of ether oxygens (including phenoxy) is 1. The predicted octanol–water partition coefficient (Wildman–Crippen LogP) is 3.62. The number of nitrogens with zero attached hydrogens (tertiary/aromatic N) is 3. The summed E-state index contributed by atoms with van der Waals surface area (Å²) in [6, 6.07) is 20.1. The minimum atomic E-state index is -0.912. The van der Waals surface area contributed by atoms with Crippen molar-refractivity contribution in [3.05, 3.63) is 84.2 Å². The van der Waals surface area contributed by atoms with Crippen LogP contribution >= 0.6 is 0 Å². The van der Waals surface area contributed by atoms with Gasteiger partial charge < -0.3 is 10.5 Å². The Morgan fingerprint density at radius 1 is 1.07 bits per heavy atom. The second-order valence-corrected chi connectivity index (χ2v) is 7.02. The van der Waals surface area contributed by atoms with Gasteiger partial charge in [0.2, 0.25) is 11.7 Å². The normalized spacial score (nSPS) is 23.2. The van der Waals surface area contributed by atoms with Gasteiger partial charge in [0, 0.05) is 31.4 Å². The van der Waals surface area contributed by atoms with Crippen molar-refractivity contribution in [1.82, 2.24) is 10.0 Å². The quantitative estimate of drug-likeness (QED) is 0.744. The molecule has 2 aliphatic rings. The molecule has 28 heavy (non-hydrogen) atoms. The lowest BCUT2D eigenvalue weighted by molar-refractivity contribution is -0.191. The van der Waals surface area contributed by atoms with Gasteiger partial charge in [-0.1, -0.05) is 42.5 Å². The van der Waals surface area contributed by atoms with Crippen molar-refractivity contribution in [2.75, 3.05) is 7.05 Å². The first-order valence-electron chi connectivity index (χ1n) is 9.19. The number of aliphatic imine (C=N–C) groups is 1. The second-order valence-electron chi connectivity index (χ2n) is 7.02. The van der Waals surface area contributed by atoms with Crippen LogP contribution in [0.25, 0.3) is 11.1 Å². The fourth-order valence-corrected chi connectivity index (χ4v) is 3.80. The van der Waals surface area contributed by atoms with E-state index in [2.05, 4.69) is 23.2 Å². The zero-order chi connectivity index (χ0) is 19.1. The van der Waals surface area contributed by atoms with E-state index in [1.165, 1.54) is 5.06 Å². The highest BCUT2D eigenvalue weighted by molar-refractivity contribution is 5.79. The van der Waals surface area contributed by atoms with Crippen LogP contribution in [0.1, 0.15) is 23.7 Å². The van der Waals surface area contributed by atoms with E-state index in [4.69, 9.17) is 20.3 Å². The molecule has 0 fully saturated rings. The van der Waals surface area contributed by atoms with E-state index < -0.39 is 5.72 Å². The summed E-state index contributed by atoms with van der Waals surface area (Å²) in [5.41, 5.74) is 9.16.